The van der Waals surface area contributed by atoms with Crippen molar-refractivity contribution in [2.45, 2.75) is 31.7 Å². The number of phenols is 1. The second-order valence-corrected chi connectivity index (χ2v) is 5.31. The summed E-state index contributed by atoms with van der Waals surface area (Å²) in [5.74, 6) is -0.556. The molecule has 0 heterocycles. The topological polar surface area (TPSA) is 46.2 Å². The van der Waals surface area contributed by atoms with Crippen molar-refractivity contribution in [3.63, 3.8) is 0 Å². The third-order valence-corrected chi connectivity index (χ3v) is 3.78. The maximum Gasteiger partial charge on any atom is 0.166 e. The molecular formula is C12H15BrFNO. The molecule has 1 aliphatic rings. The van der Waals surface area contributed by atoms with E-state index in [1.165, 1.54) is 18.9 Å². The van der Waals surface area contributed by atoms with E-state index >= 15 is 0 Å². The molecule has 1 aromatic rings. The molecule has 0 saturated heterocycles. The van der Waals surface area contributed by atoms with Crippen molar-refractivity contribution in [3.05, 3.63) is 28.0 Å². The number of halogens is 2. The Balaban J connectivity index is 2.31. The van der Waals surface area contributed by atoms with Gasteiger partial charge in [0, 0.05) is 16.1 Å². The standard InChI is InChI=1S/C12H15BrFNO/c13-8-5-9(12(16)10(14)6-8)11(15)7-3-1-2-4-7/h5-7,11,16H,1-4,15H2/t11-/m0/s1. The summed E-state index contributed by atoms with van der Waals surface area (Å²) in [6, 6.07) is 2.69. The number of phenolic OH excluding ortho intramolecular Hbond substituents is 1. The number of rotatable bonds is 2. The molecule has 4 heteroatoms. The molecule has 2 rings (SSSR count). The summed E-state index contributed by atoms with van der Waals surface area (Å²) < 4.78 is 14.0. The van der Waals surface area contributed by atoms with E-state index in [1.807, 2.05) is 0 Å². The molecule has 0 spiro atoms. The van der Waals surface area contributed by atoms with Gasteiger partial charge in [-0.1, -0.05) is 28.8 Å². The van der Waals surface area contributed by atoms with Gasteiger partial charge >= 0.3 is 0 Å². The van der Waals surface area contributed by atoms with E-state index in [4.69, 9.17) is 5.73 Å². The lowest BCUT2D eigenvalue weighted by Gasteiger charge is -2.20. The molecular weight excluding hydrogens is 273 g/mol. The Labute approximate surface area is 103 Å². The van der Waals surface area contributed by atoms with Gasteiger partial charge in [-0.25, -0.2) is 4.39 Å². The van der Waals surface area contributed by atoms with E-state index in [-0.39, 0.29) is 11.8 Å². The summed E-state index contributed by atoms with van der Waals surface area (Å²) in [4.78, 5) is 0. The highest BCUT2D eigenvalue weighted by Crippen LogP contribution is 2.39. The van der Waals surface area contributed by atoms with Crippen LogP contribution in [0.25, 0.3) is 0 Å². The van der Waals surface area contributed by atoms with Crippen LogP contribution in [0.5, 0.6) is 5.75 Å². The lowest BCUT2D eigenvalue weighted by molar-refractivity contribution is 0.391. The van der Waals surface area contributed by atoms with Crippen LogP contribution in [0, 0.1) is 11.7 Å². The smallest absolute Gasteiger partial charge is 0.166 e. The van der Waals surface area contributed by atoms with Crippen LogP contribution in [-0.2, 0) is 0 Å². The van der Waals surface area contributed by atoms with Crippen LogP contribution >= 0.6 is 15.9 Å². The molecule has 88 valence electrons. The second kappa shape index (κ2) is 4.72. The molecule has 0 aliphatic heterocycles. The van der Waals surface area contributed by atoms with Crippen LogP contribution in [-0.4, -0.2) is 5.11 Å². The fourth-order valence-electron chi connectivity index (χ4n) is 2.41. The van der Waals surface area contributed by atoms with Crippen LogP contribution in [0.4, 0.5) is 4.39 Å². The molecule has 1 saturated carbocycles. The maximum absolute atomic E-state index is 13.4. The Bertz CT molecular complexity index is 391. The van der Waals surface area contributed by atoms with E-state index in [0.717, 1.165) is 12.8 Å². The van der Waals surface area contributed by atoms with Gasteiger partial charge < -0.3 is 10.8 Å². The number of benzene rings is 1. The first-order valence-corrected chi connectivity index (χ1v) is 6.32. The molecule has 1 aliphatic carbocycles. The lowest BCUT2D eigenvalue weighted by atomic mass is 9.92. The first kappa shape index (κ1) is 11.9. The molecule has 1 aromatic carbocycles. The molecule has 1 fully saturated rings. The van der Waals surface area contributed by atoms with Gasteiger partial charge in [0.2, 0.25) is 0 Å². The summed E-state index contributed by atoms with van der Waals surface area (Å²) in [5.41, 5.74) is 6.60. The van der Waals surface area contributed by atoms with Crippen LogP contribution < -0.4 is 5.73 Å². The summed E-state index contributed by atoms with van der Waals surface area (Å²) in [5, 5.41) is 9.68. The van der Waals surface area contributed by atoms with Crippen molar-refractivity contribution in [3.8, 4) is 5.75 Å². The number of nitrogens with two attached hydrogens (primary N) is 1. The van der Waals surface area contributed by atoms with E-state index < -0.39 is 5.82 Å². The van der Waals surface area contributed by atoms with E-state index in [2.05, 4.69) is 15.9 Å². The Morgan fingerprint density at radius 2 is 2.00 bits per heavy atom. The van der Waals surface area contributed by atoms with Gasteiger partial charge in [-0.2, -0.15) is 0 Å². The highest BCUT2D eigenvalue weighted by Gasteiger charge is 2.26. The monoisotopic (exact) mass is 287 g/mol. The summed E-state index contributed by atoms with van der Waals surface area (Å²) in [7, 11) is 0. The third kappa shape index (κ3) is 2.23. The van der Waals surface area contributed by atoms with Crippen molar-refractivity contribution in [2.75, 3.05) is 0 Å². The largest absolute Gasteiger partial charge is 0.505 e. The number of aromatic hydroxyl groups is 1. The molecule has 0 unspecified atom stereocenters. The number of hydrogen-bond donors (Lipinski definition) is 2. The maximum atomic E-state index is 13.4. The Morgan fingerprint density at radius 3 is 2.62 bits per heavy atom. The average molecular weight is 288 g/mol. The normalized spacial score (nSPS) is 18.9. The highest BCUT2D eigenvalue weighted by molar-refractivity contribution is 9.10. The van der Waals surface area contributed by atoms with Gasteiger partial charge in [0.25, 0.3) is 0 Å². The van der Waals surface area contributed by atoms with Gasteiger partial charge in [-0.15, -0.1) is 0 Å². The van der Waals surface area contributed by atoms with Gasteiger partial charge in [0.05, 0.1) is 0 Å². The van der Waals surface area contributed by atoms with Gasteiger partial charge in [-0.05, 0) is 30.9 Å². The summed E-state index contributed by atoms with van der Waals surface area (Å²) >= 11 is 3.22. The highest BCUT2D eigenvalue weighted by atomic mass is 79.9. The molecule has 0 amide bonds. The zero-order valence-corrected chi connectivity index (χ0v) is 10.5. The minimum atomic E-state index is -0.613. The Morgan fingerprint density at radius 1 is 1.38 bits per heavy atom. The molecule has 0 bridgehead atoms. The van der Waals surface area contributed by atoms with E-state index in [9.17, 15) is 9.50 Å². The molecule has 3 N–H and O–H groups in total. The van der Waals surface area contributed by atoms with Crippen LogP contribution in [0.15, 0.2) is 16.6 Å². The second-order valence-electron chi connectivity index (χ2n) is 4.40. The Kier molecular flexibility index (Phi) is 3.50. The Hall–Kier alpha value is -0.610. The first-order chi connectivity index (χ1) is 7.59. The van der Waals surface area contributed by atoms with Crippen molar-refractivity contribution in [2.24, 2.45) is 11.7 Å². The predicted molar refractivity (Wildman–Crippen MR) is 64.7 cm³/mol. The first-order valence-electron chi connectivity index (χ1n) is 5.53. The van der Waals surface area contributed by atoms with Crippen LogP contribution in [0.3, 0.4) is 0 Å². The van der Waals surface area contributed by atoms with E-state index in [0.29, 0.717) is 16.0 Å². The van der Waals surface area contributed by atoms with Gasteiger partial charge in [0.15, 0.2) is 11.6 Å². The average Bonchev–Trinajstić information content (AvgIpc) is 2.75. The molecule has 1 atom stereocenters. The van der Waals surface area contributed by atoms with Crippen molar-refractivity contribution in [1.29, 1.82) is 0 Å². The van der Waals surface area contributed by atoms with Crippen molar-refractivity contribution >= 4 is 15.9 Å². The SMILES string of the molecule is N[C@H](c1cc(Br)cc(F)c1O)C1CCCC1. The molecule has 2 nitrogen and oxygen atoms in total. The predicted octanol–water partition coefficient (Wildman–Crippen LogP) is 3.48. The third-order valence-electron chi connectivity index (χ3n) is 3.32. The quantitative estimate of drug-likeness (QED) is 0.875. The van der Waals surface area contributed by atoms with Crippen LogP contribution in [0.2, 0.25) is 0 Å². The zero-order valence-electron chi connectivity index (χ0n) is 8.92. The molecule has 0 radical (unpaired) electrons. The number of hydrogen-bond acceptors (Lipinski definition) is 2. The van der Waals surface area contributed by atoms with Gasteiger partial charge in [0.1, 0.15) is 0 Å². The van der Waals surface area contributed by atoms with Crippen molar-refractivity contribution < 1.29 is 9.50 Å². The lowest BCUT2D eigenvalue weighted by Crippen LogP contribution is -2.19. The molecule has 0 aromatic heterocycles. The fraction of sp³-hybridized carbons (Fsp3) is 0.500. The minimum absolute atomic E-state index is 0.269. The van der Waals surface area contributed by atoms with Crippen LogP contribution in [0.1, 0.15) is 37.3 Å². The summed E-state index contributed by atoms with van der Waals surface area (Å²) in [6.45, 7) is 0. The van der Waals surface area contributed by atoms with Gasteiger partial charge in [-0.3, -0.25) is 0 Å². The van der Waals surface area contributed by atoms with Crippen molar-refractivity contribution in [1.82, 2.24) is 0 Å². The zero-order chi connectivity index (χ0) is 11.7. The minimum Gasteiger partial charge on any atom is -0.505 e. The fourth-order valence-corrected chi connectivity index (χ4v) is 2.86. The van der Waals surface area contributed by atoms with E-state index in [1.54, 1.807) is 6.07 Å². The molecule has 16 heavy (non-hydrogen) atoms. The summed E-state index contributed by atoms with van der Waals surface area (Å²) in [6.07, 6.45) is 4.48.